The van der Waals surface area contributed by atoms with Crippen molar-refractivity contribution in [3.8, 4) is 11.6 Å². The maximum Gasteiger partial charge on any atom is 0.515 e. The van der Waals surface area contributed by atoms with Crippen LogP contribution >= 0.6 is 0 Å². The third kappa shape index (κ3) is 3.52. The summed E-state index contributed by atoms with van der Waals surface area (Å²) in [7, 11) is -4.05. The molecule has 10 nitrogen and oxygen atoms in total. The first-order valence-electron chi connectivity index (χ1n) is 7.69. The van der Waals surface area contributed by atoms with E-state index >= 15 is 0 Å². The fraction of sp³-hybridized carbons (Fsp3) is 0.333. The van der Waals surface area contributed by atoms with E-state index in [1.807, 2.05) is 18.6 Å². The van der Waals surface area contributed by atoms with Crippen molar-refractivity contribution < 1.29 is 32.6 Å². The minimum absolute atomic E-state index is 0.0730. The topological polar surface area (TPSA) is 138 Å². The van der Waals surface area contributed by atoms with Crippen molar-refractivity contribution in [3.63, 3.8) is 0 Å². The quantitative estimate of drug-likeness (QED) is 0.675. The highest BCUT2D eigenvalue weighted by molar-refractivity contribution is 7.92. The molecular weight excluding hydrogens is 366 g/mol. The van der Waals surface area contributed by atoms with Gasteiger partial charge >= 0.3 is 16.4 Å². The van der Waals surface area contributed by atoms with Crippen molar-refractivity contribution >= 4 is 38.9 Å². The number of benzene rings is 1. The molecule has 11 heteroatoms. The monoisotopic (exact) mass is 383 g/mol. The highest BCUT2D eigenvalue weighted by Gasteiger charge is 2.35. The molecule has 1 aromatic heterocycles. The van der Waals surface area contributed by atoms with Gasteiger partial charge in [-0.05, 0) is 18.1 Å². The summed E-state index contributed by atoms with van der Waals surface area (Å²) in [6.07, 6.45) is -0.883. The molecule has 0 radical (unpaired) electrons. The summed E-state index contributed by atoms with van der Waals surface area (Å²) in [6.45, 7) is 3.53. The number of aromatic hydroxyl groups is 1. The van der Waals surface area contributed by atoms with E-state index in [1.54, 1.807) is 0 Å². The van der Waals surface area contributed by atoms with E-state index in [2.05, 4.69) is 4.98 Å². The van der Waals surface area contributed by atoms with Crippen LogP contribution < -0.4 is 13.8 Å². The molecule has 3 rings (SSSR count). The number of amides is 1. The van der Waals surface area contributed by atoms with Crippen LogP contribution in [0.25, 0.3) is 10.9 Å². The Balaban J connectivity index is 1.87. The molecule has 1 aliphatic rings. The predicted molar refractivity (Wildman–Crippen MR) is 91.2 cm³/mol. The summed E-state index contributed by atoms with van der Waals surface area (Å²) in [5.41, 5.74) is 0.325. The predicted octanol–water partition coefficient (Wildman–Crippen LogP) is 1.23. The SMILES string of the molecule is CC(C)COC(=O)Oc1cc2cc(O)c(N3CC(=O)NS3(=O)=O)cc2[nH]1. The van der Waals surface area contributed by atoms with Crippen LogP contribution in [0.2, 0.25) is 0 Å². The van der Waals surface area contributed by atoms with Gasteiger partial charge in [0.2, 0.25) is 5.88 Å². The number of H-pyrrole nitrogens is 1. The summed E-state index contributed by atoms with van der Waals surface area (Å²) >= 11 is 0. The molecule has 0 spiro atoms. The molecule has 2 aromatic rings. The molecule has 1 aliphatic heterocycles. The van der Waals surface area contributed by atoms with Gasteiger partial charge in [-0.15, -0.1) is 0 Å². The first-order valence-corrected chi connectivity index (χ1v) is 9.13. The summed E-state index contributed by atoms with van der Waals surface area (Å²) < 4.78 is 36.4. The van der Waals surface area contributed by atoms with Gasteiger partial charge in [0.1, 0.15) is 12.3 Å². The maximum atomic E-state index is 11.9. The van der Waals surface area contributed by atoms with Crippen molar-refractivity contribution in [1.29, 1.82) is 0 Å². The second kappa shape index (κ2) is 6.41. The fourth-order valence-electron chi connectivity index (χ4n) is 2.40. The molecule has 0 aliphatic carbocycles. The van der Waals surface area contributed by atoms with Crippen LogP contribution in [-0.4, -0.2) is 43.7 Å². The number of rotatable bonds is 4. The van der Waals surface area contributed by atoms with Crippen LogP contribution in [0, 0.1) is 5.92 Å². The Kier molecular flexibility index (Phi) is 4.40. The molecule has 0 bridgehead atoms. The van der Waals surface area contributed by atoms with Gasteiger partial charge in [0.05, 0.1) is 17.8 Å². The van der Waals surface area contributed by atoms with Gasteiger partial charge in [-0.3, -0.25) is 4.79 Å². The third-order valence-corrected chi connectivity index (χ3v) is 4.90. The van der Waals surface area contributed by atoms with Gasteiger partial charge in [-0.1, -0.05) is 13.8 Å². The minimum atomic E-state index is -4.05. The third-order valence-electron chi connectivity index (χ3n) is 3.51. The number of phenols is 1. The number of aromatic amines is 1. The lowest BCUT2D eigenvalue weighted by molar-refractivity contribution is -0.117. The van der Waals surface area contributed by atoms with Crippen molar-refractivity contribution in [1.82, 2.24) is 9.71 Å². The molecule has 2 heterocycles. The lowest BCUT2D eigenvalue weighted by Crippen LogP contribution is -2.29. The zero-order chi connectivity index (χ0) is 19.1. The Hall–Kier alpha value is -2.95. The molecular formula is C15H17N3O7S. The summed E-state index contributed by atoms with van der Waals surface area (Å²) in [6, 6.07) is 4.10. The number of fused-ring (bicyclic) bond motifs is 1. The number of hydrogen-bond acceptors (Lipinski definition) is 7. The van der Waals surface area contributed by atoms with E-state index < -0.39 is 28.8 Å². The zero-order valence-electron chi connectivity index (χ0n) is 14.0. The summed E-state index contributed by atoms with van der Waals surface area (Å²) in [5.74, 6) is -0.814. The molecule has 26 heavy (non-hydrogen) atoms. The lowest BCUT2D eigenvalue weighted by Gasteiger charge is -2.15. The second-order valence-corrected chi connectivity index (χ2v) is 7.75. The van der Waals surface area contributed by atoms with Crippen molar-refractivity contribution in [2.75, 3.05) is 17.5 Å². The van der Waals surface area contributed by atoms with Crippen LogP contribution in [0.1, 0.15) is 13.8 Å². The first-order chi connectivity index (χ1) is 12.2. The number of anilines is 1. The molecule has 140 valence electrons. The van der Waals surface area contributed by atoms with E-state index in [0.29, 0.717) is 10.9 Å². The number of ether oxygens (including phenoxy) is 2. The highest BCUT2D eigenvalue weighted by Crippen LogP contribution is 2.35. The number of hydrogen-bond donors (Lipinski definition) is 3. The van der Waals surface area contributed by atoms with Gasteiger partial charge in [0, 0.05) is 11.5 Å². The van der Waals surface area contributed by atoms with Crippen LogP contribution in [0.5, 0.6) is 11.6 Å². The number of aromatic nitrogens is 1. The van der Waals surface area contributed by atoms with Gasteiger partial charge in [-0.2, -0.15) is 8.42 Å². The Morgan fingerprint density at radius 3 is 2.69 bits per heavy atom. The van der Waals surface area contributed by atoms with E-state index in [1.165, 1.54) is 18.2 Å². The van der Waals surface area contributed by atoms with Crippen LogP contribution in [0.4, 0.5) is 10.5 Å². The molecule has 1 aromatic carbocycles. The van der Waals surface area contributed by atoms with Crippen molar-refractivity contribution in [2.24, 2.45) is 5.92 Å². The molecule has 0 atom stereocenters. The molecule has 1 saturated heterocycles. The highest BCUT2D eigenvalue weighted by atomic mass is 32.2. The number of carbonyl (C=O) groups is 2. The normalized spacial score (nSPS) is 16.1. The largest absolute Gasteiger partial charge is 0.515 e. The van der Waals surface area contributed by atoms with Crippen LogP contribution in [-0.2, 0) is 19.7 Å². The van der Waals surface area contributed by atoms with Gasteiger partial charge in [0.25, 0.3) is 5.91 Å². The van der Waals surface area contributed by atoms with Gasteiger partial charge in [-0.25, -0.2) is 13.8 Å². The van der Waals surface area contributed by atoms with E-state index in [9.17, 15) is 23.1 Å². The number of nitrogens with one attached hydrogen (secondary N) is 2. The molecule has 0 saturated carbocycles. The van der Waals surface area contributed by atoms with Gasteiger partial charge < -0.3 is 19.6 Å². The first kappa shape index (κ1) is 17.9. The molecule has 1 amide bonds. The Labute approximate surface area is 148 Å². The van der Waals surface area contributed by atoms with E-state index in [4.69, 9.17) is 9.47 Å². The van der Waals surface area contributed by atoms with Crippen LogP contribution in [0.15, 0.2) is 18.2 Å². The smallest absolute Gasteiger partial charge is 0.506 e. The summed E-state index contributed by atoms with van der Waals surface area (Å²) in [4.78, 5) is 25.8. The second-order valence-electron chi connectivity index (χ2n) is 6.16. The van der Waals surface area contributed by atoms with E-state index in [-0.39, 0.29) is 29.8 Å². The Morgan fingerprint density at radius 2 is 2.08 bits per heavy atom. The van der Waals surface area contributed by atoms with Crippen molar-refractivity contribution in [2.45, 2.75) is 13.8 Å². The van der Waals surface area contributed by atoms with Crippen LogP contribution in [0.3, 0.4) is 0 Å². The molecule has 1 fully saturated rings. The maximum absolute atomic E-state index is 11.9. The number of carbonyl (C=O) groups excluding carboxylic acids is 2. The fourth-order valence-corrected chi connectivity index (χ4v) is 3.56. The Bertz CT molecular complexity index is 981. The molecule has 3 N–H and O–H groups in total. The van der Waals surface area contributed by atoms with Crippen molar-refractivity contribution in [3.05, 3.63) is 18.2 Å². The Morgan fingerprint density at radius 1 is 1.35 bits per heavy atom. The average molecular weight is 383 g/mol. The lowest BCUT2D eigenvalue weighted by atomic mass is 10.2. The zero-order valence-corrected chi connectivity index (χ0v) is 14.8. The molecule has 0 unspecified atom stereocenters. The average Bonchev–Trinajstić information content (AvgIpc) is 3.02. The van der Waals surface area contributed by atoms with Gasteiger partial charge in [0.15, 0.2) is 0 Å². The summed E-state index contributed by atoms with van der Waals surface area (Å²) in [5, 5.41) is 10.6. The minimum Gasteiger partial charge on any atom is -0.506 e. The number of nitrogens with zero attached hydrogens (tertiary/aromatic N) is 1. The number of phenolic OH excluding ortho intramolecular Hbond substituents is 1. The van der Waals surface area contributed by atoms with E-state index in [0.717, 1.165) is 4.31 Å². The standard InChI is InChI=1S/C15H17N3O7S/c1-8(2)7-24-15(21)25-14-4-9-3-12(19)11(5-10(9)16-14)18-6-13(20)17-26(18,22)23/h3-5,8,16,19H,6-7H2,1-2H3,(H,17,20).